The number of nitrogens with one attached hydrogen (secondary N) is 5. The molecule has 2 saturated carbocycles. The lowest BCUT2D eigenvalue weighted by atomic mass is 9.83. The molecule has 4 atom stereocenters. The molecule has 1 aliphatic heterocycles. The van der Waals surface area contributed by atoms with Crippen molar-refractivity contribution >= 4 is 41.1 Å². The predicted octanol–water partition coefficient (Wildman–Crippen LogP) is 5.26. The number of amides is 6. The molecule has 22 heteroatoms. The zero-order chi connectivity index (χ0) is 55.3. The van der Waals surface area contributed by atoms with Crippen LogP contribution in [0.1, 0.15) is 124 Å². The Balaban J connectivity index is 0.767. The molecule has 2 aliphatic carbocycles. The largest absolute Gasteiger partial charge is 0.411 e. The van der Waals surface area contributed by atoms with Crippen LogP contribution in [-0.4, -0.2) is 141 Å². The Morgan fingerprint density at radius 2 is 1.51 bits per heavy atom. The molecule has 6 rings (SSSR count). The summed E-state index contributed by atoms with van der Waals surface area (Å²) in [6, 6.07) is 13.2. The van der Waals surface area contributed by atoms with Crippen LogP contribution < -0.4 is 32.3 Å². The predicted molar refractivity (Wildman–Crippen MR) is 279 cm³/mol. The van der Waals surface area contributed by atoms with Crippen LogP contribution >= 0.6 is 0 Å². The standard InChI is InChI=1S/C55H76F3N9O10/c1-35(2)48(50(77-34-55(56,57)58)54(73)66-41-20-22-62-45(30-41)51(59)70)37-10-8-36(9-11-37)32-61-23-27-74-28-24-63-52(71)38-12-14-40(15-13-38)65-46(68)7-5-26-75-42-16-18-43(19-17-42)76-29-25-64-53(72)44-31-47(69)67(3)49(44)39-6-4-21-60-33-39/h4,6,8-11,20-22,30,33,35,38,40,42-44,48-50,61H,5,7,12-19,23-29,31-32,34H2,1-3H3,(H2,59,70)(H,63,71)(H,64,72)(H,65,68)(H,62,66,73)/t38?,40?,42?,43?,44-,48-,49+,50+/m0/s1. The first-order valence-electron chi connectivity index (χ1n) is 26.8. The lowest BCUT2D eigenvalue weighted by Crippen LogP contribution is -2.41. The van der Waals surface area contributed by atoms with Crippen LogP contribution in [0.3, 0.4) is 0 Å². The van der Waals surface area contributed by atoms with Crippen molar-refractivity contribution in [2.75, 3.05) is 65.0 Å². The Kier molecular flexibility index (Phi) is 23.6. The molecule has 19 nitrogen and oxygen atoms in total. The number of halogens is 3. The fourth-order valence-electron chi connectivity index (χ4n) is 10.3. The van der Waals surface area contributed by atoms with E-state index in [1.165, 1.54) is 18.3 Å². The van der Waals surface area contributed by atoms with E-state index in [1.54, 1.807) is 56.4 Å². The van der Waals surface area contributed by atoms with E-state index in [1.807, 2.05) is 18.2 Å². The van der Waals surface area contributed by atoms with Crippen LogP contribution in [0.4, 0.5) is 18.9 Å². The minimum absolute atomic E-state index is 0.00955. The first kappa shape index (κ1) is 60.2. The van der Waals surface area contributed by atoms with Gasteiger partial charge in [-0.1, -0.05) is 44.2 Å². The molecule has 77 heavy (non-hydrogen) atoms. The lowest BCUT2D eigenvalue weighted by molar-refractivity contribution is -0.189. The monoisotopic (exact) mass is 1080 g/mol. The molecule has 0 bridgehead atoms. The maximum absolute atomic E-state index is 13.4. The first-order chi connectivity index (χ1) is 36.9. The molecule has 1 saturated heterocycles. The van der Waals surface area contributed by atoms with E-state index in [0.29, 0.717) is 83.9 Å². The van der Waals surface area contributed by atoms with E-state index in [2.05, 4.69) is 36.6 Å². The number of likely N-dealkylation sites (tertiary alicyclic amines) is 1. The summed E-state index contributed by atoms with van der Waals surface area (Å²) in [6.07, 6.45) is 6.08. The molecule has 6 amide bonds. The minimum Gasteiger partial charge on any atom is -0.378 e. The molecular formula is C55H76F3N9O10. The van der Waals surface area contributed by atoms with E-state index in [0.717, 1.165) is 49.7 Å². The topological polar surface area (TPSA) is 255 Å². The smallest absolute Gasteiger partial charge is 0.378 e. The number of rotatable bonds is 29. The van der Waals surface area contributed by atoms with Gasteiger partial charge in [0.05, 0.1) is 44.0 Å². The number of hydrogen-bond donors (Lipinski definition) is 6. The summed E-state index contributed by atoms with van der Waals surface area (Å²) in [6.45, 7) is 5.32. The average molecular weight is 1080 g/mol. The number of carbonyl (C=O) groups is 6. The Bertz CT molecular complexity index is 2370. The summed E-state index contributed by atoms with van der Waals surface area (Å²) in [5.74, 6) is -3.55. The quantitative estimate of drug-likeness (QED) is 0.0486. The highest BCUT2D eigenvalue weighted by Gasteiger charge is 2.43. The third-order valence-electron chi connectivity index (χ3n) is 14.4. The maximum atomic E-state index is 13.4. The highest BCUT2D eigenvalue weighted by molar-refractivity contribution is 5.97. The second-order valence-corrected chi connectivity index (χ2v) is 20.4. The number of aromatic nitrogens is 2. The number of nitrogens with two attached hydrogens (primary N) is 1. The van der Waals surface area contributed by atoms with Crippen molar-refractivity contribution in [2.45, 2.75) is 134 Å². The summed E-state index contributed by atoms with van der Waals surface area (Å²) in [5.41, 5.74) is 7.66. The minimum atomic E-state index is -4.67. The maximum Gasteiger partial charge on any atom is 0.411 e. The van der Waals surface area contributed by atoms with E-state index in [9.17, 15) is 41.9 Å². The molecule has 3 aliphatic rings. The summed E-state index contributed by atoms with van der Waals surface area (Å²) in [7, 11) is 1.72. The van der Waals surface area contributed by atoms with Gasteiger partial charge in [0.1, 0.15) is 18.4 Å². The van der Waals surface area contributed by atoms with Gasteiger partial charge >= 0.3 is 6.18 Å². The Morgan fingerprint density at radius 3 is 2.17 bits per heavy atom. The van der Waals surface area contributed by atoms with E-state index in [-0.39, 0.29) is 77.6 Å². The van der Waals surface area contributed by atoms with Gasteiger partial charge in [-0.15, -0.1) is 0 Å². The third-order valence-corrected chi connectivity index (χ3v) is 14.4. The Hall–Kier alpha value is -6.07. The van der Waals surface area contributed by atoms with Crippen LogP contribution in [0, 0.1) is 17.8 Å². The summed E-state index contributed by atoms with van der Waals surface area (Å²) in [4.78, 5) is 85.7. The van der Waals surface area contributed by atoms with Crippen molar-refractivity contribution in [3.8, 4) is 0 Å². The SMILES string of the molecule is CC(C)[C@@H](c1ccc(CNCCOCCNC(=O)C2CCC(NC(=O)CCCOC3CCC(OCCNC(=O)[C@H]4CC(=O)N(C)[C@@H]4c4cccnc4)CC3)CC2)cc1)[C@@H](OCC(F)(F)F)C(=O)Nc1ccnc(C(N)=O)c1. The van der Waals surface area contributed by atoms with Crippen molar-refractivity contribution in [1.82, 2.24) is 36.1 Å². The van der Waals surface area contributed by atoms with E-state index >= 15 is 0 Å². The average Bonchev–Trinajstić information content (AvgIpc) is 3.78. The van der Waals surface area contributed by atoms with Gasteiger partial charge in [0.2, 0.25) is 23.6 Å². The van der Waals surface area contributed by atoms with Crippen molar-refractivity contribution in [2.24, 2.45) is 23.5 Å². The zero-order valence-corrected chi connectivity index (χ0v) is 44.3. The van der Waals surface area contributed by atoms with Crippen molar-refractivity contribution in [3.05, 3.63) is 89.5 Å². The van der Waals surface area contributed by atoms with Crippen molar-refractivity contribution in [3.63, 3.8) is 0 Å². The molecule has 3 fully saturated rings. The van der Waals surface area contributed by atoms with Crippen molar-refractivity contribution in [1.29, 1.82) is 0 Å². The molecule has 0 unspecified atom stereocenters. The van der Waals surface area contributed by atoms with Gasteiger partial charge in [0, 0.05) is 94.8 Å². The second-order valence-electron chi connectivity index (χ2n) is 20.4. The molecule has 1 aromatic carbocycles. The molecule has 2 aromatic heterocycles. The van der Waals surface area contributed by atoms with Crippen LogP contribution in [0.5, 0.6) is 0 Å². The molecule has 3 heterocycles. The molecule has 0 spiro atoms. The van der Waals surface area contributed by atoms with Gasteiger partial charge in [-0.05, 0) is 98.6 Å². The number of carbonyl (C=O) groups excluding carboxylic acids is 6. The van der Waals surface area contributed by atoms with Gasteiger partial charge in [0.15, 0.2) is 0 Å². The van der Waals surface area contributed by atoms with Gasteiger partial charge in [-0.25, -0.2) is 0 Å². The van der Waals surface area contributed by atoms with Crippen molar-refractivity contribution < 1.29 is 60.9 Å². The Labute approximate surface area is 448 Å². The number of nitrogens with zero attached hydrogens (tertiary/aromatic N) is 3. The van der Waals surface area contributed by atoms with Gasteiger partial charge < -0.3 is 56.2 Å². The van der Waals surface area contributed by atoms with Gasteiger partial charge in [0.25, 0.3) is 11.8 Å². The molecule has 7 N–H and O–H groups in total. The second kappa shape index (κ2) is 30.2. The van der Waals surface area contributed by atoms with Crippen LogP contribution in [0.25, 0.3) is 0 Å². The van der Waals surface area contributed by atoms with Gasteiger partial charge in [-0.3, -0.25) is 38.7 Å². The highest BCUT2D eigenvalue weighted by Crippen LogP contribution is 2.37. The number of primary amides is 1. The third kappa shape index (κ3) is 19.4. The number of alkyl halides is 3. The fraction of sp³-hybridized carbons (Fsp3) is 0.600. The first-order valence-corrected chi connectivity index (χ1v) is 26.8. The summed E-state index contributed by atoms with van der Waals surface area (Å²) in [5, 5.41) is 14.9. The fourth-order valence-corrected chi connectivity index (χ4v) is 10.3. The Morgan fingerprint density at radius 1 is 0.831 bits per heavy atom. The van der Waals surface area contributed by atoms with Crippen LogP contribution in [-0.2, 0) is 49.5 Å². The summed E-state index contributed by atoms with van der Waals surface area (Å²) >= 11 is 0. The highest BCUT2D eigenvalue weighted by atomic mass is 19.4. The number of benzene rings is 1. The normalized spacial score (nSPS) is 21.5. The molecule has 0 radical (unpaired) electrons. The number of ether oxygens (including phenoxy) is 4. The molecular weight excluding hydrogens is 1000 g/mol. The zero-order valence-electron chi connectivity index (χ0n) is 44.3. The number of pyridine rings is 2. The van der Waals surface area contributed by atoms with Crippen LogP contribution in [0.2, 0.25) is 0 Å². The van der Waals surface area contributed by atoms with Gasteiger partial charge in [-0.2, -0.15) is 13.2 Å². The number of anilines is 1. The van der Waals surface area contributed by atoms with Crippen LogP contribution in [0.15, 0.2) is 67.1 Å². The number of hydrogen-bond acceptors (Lipinski definition) is 13. The van der Waals surface area contributed by atoms with E-state index < -0.39 is 42.5 Å². The molecule has 3 aromatic rings. The van der Waals surface area contributed by atoms with E-state index in [4.69, 9.17) is 24.7 Å². The molecule has 422 valence electrons. The lowest BCUT2D eigenvalue weighted by Gasteiger charge is -2.30. The summed E-state index contributed by atoms with van der Waals surface area (Å²) < 4.78 is 63.1.